The van der Waals surface area contributed by atoms with E-state index in [-0.39, 0.29) is 0 Å². The molecule has 0 aromatic heterocycles. The van der Waals surface area contributed by atoms with Crippen LogP contribution in [0.1, 0.15) is 26.2 Å². The van der Waals surface area contributed by atoms with E-state index in [1.54, 1.807) is 6.92 Å². The standard InChI is InChI=1S/C6H10O.C2H4O2/c1-5(7)6-3-2-4-6;1-4-2-3/h6H,2-4H2,1H3;2H,1H3. The van der Waals surface area contributed by atoms with E-state index < -0.39 is 0 Å². The van der Waals surface area contributed by atoms with Crippen LogP contribution in [0.5, 0.6) is 0 Å². The molecule has 64 valence electrons. The molecule has 3 heteroatoms. The number of hydrogen-bond donors (Lipinski definition) is 0. The molecule has 1 fully saturated rings. The Bertz CT molecular complexity index is 127. The van der Waals surface area contributed by atoms with Crippen LogP contribution in [0, 0.1) is 5.92 Å². The SMILES string of the molecule is CC(=O)C1CCC1.COC=O. The number of rotatable bonds is 2. The lowest BCUT2D eigenvalue weighted by Gasteiger charge is -2.21. The summed E-state index contributed by atoms with van der Waals surface area (Å²) in [5, 5.41) is 0. The molecule has 1 saturated carbocycles. The number of Topliss-reactive ketones (excluding diaryl/α,β-unsaturated/α-hetero) is 1. The number of ketones is 1. The zero-order valence-electron chi connectivity index (χ0n) is 7.00. The fourth-order valence-corrected chi connectivity index (χ4v) is 0.815. The lowest BCUT2D eigenvalue weighted by molar-refractivity contribution is -0.126. The van der Waals surface area contributed by atoms with Gasteiger partial charge in [-0.15, -0.1) is 0 Å². The average molecular weight is 158 g/mol. The maximum Gasteiger partial charge on any atom is 0.292 e. The van der Waals surface area contributed by atoms with Crippen molar-refractivity contribution in [2.45, 2.75) is 26.2 Å². The molecule has 1 aliphatic carbocycles. The van der Waals surface area contributed by atoms with E-state index in [9.17, 15) is 4.79 Å². The molecule has 0 aromatic rings. The second-order valence-corrected chi connectivity index (χ2v) is 2.57. The first kappa shape index (κ1) is 10.1. The van der Waals surface area contributed by atoms with Gasteiger partial charge in [-0.3, -0.25) is 9.59 Å². The summed E-state index contributed by atoms with van der Waals surface area (Å²) in [6, 6.07) is 0. The molecule has 0 N–H and O–H groups in total. The first-order valence-electron chi connectivity index (χ1n) is 3.69. The Morgan fingerprint density at radius 3 is 2.00 bits per heavy atom. The summed E-state index contributed by atoms with van der Waals surface area (Å²) in [5.41, 5.74) is 0. The molecule has 0 atom stereocenters. The largest absolute Gasteiger partial charge is 0.471 e. The smallest absolute Gasteiger partial charge is 0.292 e. The summed E-state index contributed by atoms with van der Waals surface area (Å²) < 4.78 is 3.86. The summed E-state index contributed by atoms with van der Waals surface area (Å²) in [6.07, 6.45) is 3.56. The highest BCUT2D eigenvalue weighted by Gasteiger charge is 2.20. The molecule has 0 unspecified atom stereocenters. The Balaban J connectivity index is 0.000000218. The molecule has 0 saturated heterocycles. The molecule has 0 heterocycles. The van der Waals surface area contributed by atoms with E-state index in [4.69, 9.17) is 4.79 Å². The van der Waals surface area contributed by atoms with Crippen LogP contribution in [0.3, 0.4) is 0 Å². The first-order valence-corrected chi connectivity index (χ1v) is 3.69. The van der Waals surface area contributed by atoms with Gasteiger partial charge in [0.25, 0.3) is 6.47 Å². The van der Waals surface area contributed by atoms with Gasteiger partial charge in [-0.05, 0) is 19.8 Å². The fraction of sp³-hybridized carbons (Fsp3) is 0.750. The monoisotopic (exact) mass is 158 g/mol. The van der Waals surface area contributed by atoms with Crippen LogP contribution >= 0.6 is 0 Å². The molecular weight excluding hydrogens is 144 g/mol. The van der Waals surface area contributed by atoms with Gasteiger partial charge in [0.1, 0.15) is 5.78 Å². The summed E-state index contributed by atoms with van der Waals surface area (Å²) in [6.45, 7) is 2.06. The van der Waals surface area contributed by atoms with Gasteiger partial charge in [0.05, 0.1) is 7.11 Å². The number of carbonyl (C=O) groups is 2. The molecule has 0 spiro atoms. The van der Waals surface area contributed by atoms with Gasteiger partial charge >= 0.3 is 0 Å². The van der Waals surface area contributed by atoms with Gasteiger partial charge < -0.3 is 4.74 Å². The zero-order valence-corrected chi connectivity index (χ0v) is 7.00. The van der Waals surface area contributed by atoms with Crippen molar-refractivity contribution in [3.63, 3.8) is 0 Å². The Kier molecular flexibility index (Phi) is 5.43. The fourth-order valence-electron chi connectivity index (χ4n) is 0.815. The van der Waals surface area contributed by atoms with Crippen molar-refractivity contribution < 1.29 is 14.3 Å². The van der Waals surface area contributed by atoms with Crippen molar-refractivity contribution in [3.05, 3.63) is 0 Å². The number of hydrogen-bond acceptors (Lipinski definition) is 3. The van der Waals surface area contributed by atoms with Crippen molar-refractivity contribution >= 4 is 12.3 Å². The number of carbonyl (C=O) groups excluding carboxylic acids is 2. The minimum atomic E-state index is 0.375. The minimum absolute atomic E-state index is 0.375. The third-order valence-corrected chi connectivity index (χ3v) is 1.78. The zero-order chi connectivity index (χ0) is 8.69. The molecule has 0 aromatic carbocycles. The van der Waals surface area contributed by atoms with E-state index in [0.29, 0.717) is 18.2 Å². The molecule has 3 nitrogen and oxygen atoms in total. The van der Waals surface area contributed by atoms with Crippen molar-refractivity contribution in [3.8, 4) is 0 Å². The van der Waals surface area contributed by atoms with Gasteiger partial charge in [0.15, 0.2) is 0 Å². The molecule has 0 bridgehead atoms. The molecule has 1 rings (SSSR count). The van der Waals surface area contributed by atoms with Crippen molar-refractivity contribution in [2.24, 2.45) is 5.92 Å². The average Bonchev–Trinajstić information content (AvgIpc) is 1.83. The van der Waals surface area contributed by atoms with E-state index >= 15 is 0 Å². The number of methoxy groups -OCH3 is 1. The lowest BCUT2D eigenvalue weighted by atomic mass is 9.83. The van der Waals surface area contributed by atoms with Crippen molar-refractivity contribution in [1.82, 2.24) is 0 Å². The summed E-state index contributed by atoms with van der Waals surface area (Å²) in [7, 11) is 1.31. The van der Waals surface area contributed by atoms with Gasteiger partial charge in [-0.25, -0.2) is 0 Å². The van der Waals surface area contributed by atoms with Crippen LogP contribution in [0.25, 0.3) is 0 Å². The Morgan fingerprint density at radius 2 is 2.00 bits per heavy atom. The molecule has 0 aliphatic heterocycles. The molecule has 0 amide bonds. The highest BCUT2D eigenvalue weighted by atomic mass is 16.5. The van der Waals surface area contributed by atoms with E-state index in [0.717, 1.165) is 12.8 Å². The molecule has 11 heavy (non-hydrogen) atoms. The topological polar surface area (TPSA) is 43.4 Å². The van der Waals surface area contributed by atoms with Crippen molar-refractivity contribution in [2.75, 3.05) is 7.11 Å². The third kappa shape index (κ3) is 4.53. The van der Waals surface area contributed by atoms with Gasteiger partial charge in [-0.2, -0.15) is 0 Å². The van der Waals surface area contributed by atoms with E-state index in [1.807, 2.05) is 0 Å². The van der Waals surface area contributed by atoms with Crippen LogP contribution < -0.4 is 0 Å². The molecule has 0 radical (unpaired) electrons. The normalized spacial score (nSPS) is 15.5. The lowest BCUT2D eigenvalue weighted by Crippen LogP contribution is -2.18. The minimum Gasteiger partial charge on any atom is -0.471 e. The maximum atomic E-state index is 10.4. The highest BCUT2D eigenvalue weighted by Crippen LogP contribution is 2.26. The Labute approximate surface area is 66.7 Å². The second kappa shape index (κ2) is 5.89. The molecular formula is C8H14O3. The van der Waals surface area contributed by atoms with Crippen LogP contribution in [0.2, 0.25) is 0 Å². The van der Waals surface area contributed by atoms with Crippen LogP contribution in [0.4, 0.5) is 0 Å². The van der Waals surface area contributed by atoms with Crippen LogP contribution in [-0.4, -0.2) is 19.4 Å². The molecule has 1 aliphatic rings. The Hall–Kier alpha value is -0.860. The van der Waals surface area contributed by atoms with E-state index in [2.05, 4.69) is 4.74 Å². The van der Waals surface area contributed by atoms with Crippen LogP contribution in [-0.2, 0) is 14.3 Å². The highest BCUT2D eigenvalue weighted by molar-refractivity contribution is 5.78. The van der Waals surface area contributed by atoms with Gasteiger partial charge in [0, 0.05) is 5.92 Å². The Morgan fingerprint density at radius 1 is 1.55 bits per heavy atom. The predicted molar refractivity (Wildman–Crippen MR) is 41.1 cm³/mol. The number of ether oxygens (including phenoxy) is 1. The van der Waals surface area contributed by atoms with Gasteiger partial charge in [0.2, 0.25) is 0 Å². The summed E-state index contributed by atoms with van der Waals surface area (Å²) >= 11 is 0. The van der Waals surface area contributed by atoms with Crippen molar-refractivity contribution in [1.29, 1.82) is 0 Å². The van der Waals surface area contributed by atoms with Gasteiger partial charge in [-0.1, -0.05) is 6.42 Å². The second-order valence-electron chi connectivity index (χ2n) is 2.57. The summed E-state index contributed by atoms with van der Waals surface area (Å²) in [5.74, 6) is 0.825. The quantitative estimate of drug-likeness (QED) is 0.566. The maximum absolute atomic E-state index is 10.4. The summed E-state index contributed by atoms with van der Waals surface area (Å²) in [4.78, 5) is 19.4. The third-order valence-electron chi connectivity index (χ3n) is 1.78. The van der Waals surface area contributed by atoms with E-state index in [1.165, 1.54) is 13.5 Å². The predicted octanol–water partition coefficient (Wildman–Crippen LogP) is 1.16. The van der Waals surface area contributed by atoms with Crippen LogP contribution in [0.15, 0.2) is 0 Å². The first-order chi connectivity index (χ1) is 5.22.